The summed E-state index contributed by atoms with van der Waals surface area (Å²) in [4.78, 5) is 0. The van der Waals surface area contributed by atoms with Crippen molar-refractivity contribution in [2.24, 2.45) is 0 Å². The van der Waals surface area contributed by atoms with E-state index in [1.54, 1.807) is 6.07 Å². The lowest BCUT2D eigenvalue weighted by molar-refractivity contribution is 0.299. The van der Waals surface area contributed by atoms with Gasteiger partial charge in [0.25, 0.3) is 0 Å². The van der Waals surface area contributed by atoms with Gasteiger partial charge < -0.3 is 10.1 Å². The maximum absolute atomic E-state index is 13.7. The molecule has 0 aliphatic carbocycles. The third kappa shape index (κ3) is 3.81. The molecule has 0 unspecified atom stereocenters. The fraction of sp³-hybridized carbons (Fsp3) is 0.250. The minimum Gasteiger partial charge on any atom is -0.489 e. The van der Waals surface area contributed by atoms with Crippen molar-refractivity contribution in [3.05, 3.63) is 63.4 Å². The summed E-state index contributed by atoms with van der Waals surface area (Å²) in [7, 11) is 1.87. The first-order valence-electron chi connectivity index (χ1n) is 6.41. The minimum atomic E-state index is -0.237. The molecule has 4 heteroatoms. The Hall–Kier alpha value is -1.39. The predicted octanol–water partition coefficient (Wildman–Crippen LogP) is 4.20. The van der Waals surface area contributed by atoms with Gasteiger partial charge in [-0.05, 0) is 55.4 Å². The summed E-state index contributed by atoms with van der Waals surface area (Å²) >= 11 is 3.44. The van der Waals surface area contributed by atoms with Crippen LogP contribution in [-0.4, -0.2) is 7.05 Å². The summed E-state index contributed by atoms with van der Waals surface area (Å²) < 4.78 is 20.4. The standard InChI is InChI=1S/C16H17BrFNO/c1-11-7-14(4-5-15(11)17)20-10-13-8-12(9-19-2)3-6-16(13)18/h3-8,19H,9-10H2,1-2H3. The number of benzene rings is 2. The molecule has 0 aromatic heterocycles. The van der Waals surface area contributed by atoms with Crippen molar-refractivity contribution in [2.75, 3.05) is 7.05 Å². The largest absolute Gasteiger partial charge is 0.489 e. The Bertz CT molecular complexity index is 601. The van der Waals surface area contributed by atoms with Gasteiger partial charge in [-0.15, -0.1) is 0 Å². The zero-order valence-electron chi connectivity index (χ0n) is 11.5. The van der Waals surface area contributed by atoms with Gasteiger partial charge in [-0.1, -0.05) is 22.0 Å². The first-order chi connectivity index (χ1) is 9.60. The highest BCUT2D eigenvalue weighted by atomic mass is 79.9. The summed E-state index contributed by atoms with van der Waals surface area (Å²) in [6.07, 6.45) is 0. The Balaban J connectivity index is 2.09. The molecular formula is C16H17BrFNO. The molecule has 2 aromatic rings. The lowest BCUT2D eigenvalue weighted by atomic mass is 10.1. The molecule has 0 saturated heterocycles. The van der Waals surface area contributed by atoms with Crippen molar-refractivity contribution in [2.45, 2.75) is 20.1 Å². The predicted molar refractivity (Wildman–Crippen MR) is 82.4 cm³/mol. The molecule has 0 bridgehead atoms. The molecule has 2 rings (SSSR count). The maximum atomic E-state index is 13.7. The molecule has 0 spiro atoms. The molecular weight excluding hydrogens is 321 g/mol. The van der Waals surface area contributed by atoms with Crippen LogP contribution >= 0.6 is 15.9 Å². The van der Waals surface area contributed by atoms with Crippen LogP contribution in [0.2, 0.25) is 0 Å². The molecule has 0 aliphatic heterocycles. The third-order valence-electron chi connectivity index (χ3n) is 3.01. The quantitative estimate of drug-likeness (QED) is 0.882. The van der Waals surface area contributed by atoms with E-state index in [2.05, 4.69) is 21.2 Å². The molecule has 0 heterocycles. The summed E-state index contributed by atoms with van der Waals surface area (Å²) in [6, 6.07) is 10.8. The topological polar surface area (TPSA) is 21.3 Å². The van der Waals surface area contributed by atoms with E-state index in [1.165, 1.54) is 6.07 Å². The second-order valence-electron chi connectivity index (χ2n) is 4.66. The van der Waals surface area contributed by atoms with Gasteiger partial charge in [0.05, 0.1) is 0 Å². The monoisotopic (exact) mass is 337 g/mol. The van der Waals surface area contributed by atoms with E-state index >= 15 is 0 Å². The highest BCUT2D eigenvalue weighted by molar-refractivity contribution is 9.10. The number of hydrogen-bond acceptors (Lipinski definition) is 2. The Morgan fingerprint density at radius 2 is 2.00 bits per heavy atom. The second-order valence-corrected chi connectivity index (χ2v) is 5.51. The number of nitrogens with one attached hydrogen (secondary N) is 1. The Kier molecular flexibility index (Phi) is 5.15. The minimum absolute atomic E-state index is 0.227. The number of ether oxygens (including phenoxy) is 1. The molecule has 1 N–H and O–H groups in total. The molecule has 0 saturated carbocycles. The van der Waals surface area contributed by atoms with Crippen LogP contribution in [0.4, 0.5) is 4.39 Å². The average molecular weight is 338 g/mol. The smallest absolute Gasteiger partial charge is 0.129 e. The zero-order valence-corrected chi connectivity index (χ0v) is 13.1. The van der Waals surface area contributed by atoms with Gasteiger partial charge in [-0.25, -0.2) is 4.39 Å². The average Bonchev–Trinajstić information content (AvgIpc) is 2.43. The molecule has 0 radical (unpaired) electrons. The van der Waals surface area contributed by atoms with Crippen molar-refractivity contribution in [1.29, 1.82) is 0 Å². The fourth-order valence-corrected chi connectivity index (χ4v) is 2.17. The van der Waals surface area contributed by atoms with E-state index in [0.29, 0.717) is 12.1 Å². The van der Waals surface area contributed by atoms with Gasteiger partial charge in [0.1, 0.15) is 18.2 Å². The first kappa shape index (κ1) is 15.0. The fourth-order valence-electron chi connectivity index (χ4n) is 1.92. The molecule has 20 heavy (non-hydrogen) atoms. The van der Waals surface area contributed by atoms with Gasteiger partial charge >= 0.3 is 0 Å². The third-order valence-corrected chi connectivity index (χ3v) is 3.90. The Morgan fingerprint density at radius 3 is 2.70 bits per heavy atom. The molecule has 2 nitrogen and oxygen atoms in total. The number of hydrogen-bond donors (Lipinski definition) is 1. The van der Waals surface area contributed by atoms with Gasteiger partial charge in [0.15, 0.2) is 0 Å². The van der Waals surface area contributed by atoms with Crippen LogP contribution in [-0.2, 0) is 13.2 Å². The van der Waals surface area contributed by atoms with Crippen molar-refractivity contribution in [1.82, 2.24) is 5.32 Å². The molecule has 0 fully saturated rings. The van der Waals surface area contributed by atoms with Crippen LogP contribution < -0.4 is 10.1 Å². The Morgan fingerprint density at radius 1 is 1.20 bits per heavy atom. The van der Waals surface area contributed by atoms with Crippen molar-refractivity contribution in [3.63, 3.8) is 0 Å². The highest BCUT2D eigenvalue weighted by Gasteiger charge is 2.05. The molecule has 2 aromatic carbocycles. The SMILES string of the molecule is CNCc1ccc(F)c(COc2ccc(Br)c(C)c2)c1. The molecule has 0 amide bonds. The highest BCUT2D eigenvalue weighted by Crippen LogP contribution is 2.22. The van der Waals surface area contributed by atoms with Crippen LogP contribution in [0.15, 0.2) is 40.9 Å². The van der Waals surface area contributed by atoms with Crippen LogP contribution in [0, 0.1) is 12.7 Å². The van der Waals surface area contributed by atoms with Gasteiger partial charge in [0.2, 0.25) is 0 Å². The van der Waals surface area contributed by atoms with Gasteiger partial charge in [-0.2, -0.15) is 0 Å². The van der Waals surface area contributed by atoms with E-state index < -0.39 is 0 Å². The lowest BCUT2D eigenvalue weighted by Crippen LogP contribution is -2.07. The summed E-state index contributed by atoms with van der Waals surface area (Å²) in [5.41, 5.74) is 2.70. The summed E-state index contributed by atoms with van der Waals surface area (Å²) in [6.45, 7) is 2.93. The number of halogens is 2. The van der Waals surface area contributed by atoms with Crippen LogP contribution in [0.1, 0.15) is 16.7 Å². The number of aryl methyl sites for hydroxylation is 1. The maximum Gasteiger partial charge on any atom is 0.129 e. The van der Waals surface area contributed by atoms with Gasteiger partial charge in [0, 0.05) is 16.6 Å². The van der Waals surface area contributed by atoms with Crippen molar-refractivity contribution < 1.29 is 9.13 Å². The van der Waals surface area contributed by atoms with E-state index in [1.807, 2.05) is 38.2 Å². The zero-order chi connectivity index (χ0) is 14.5. The van der Waals surface area contributed by atoms with Crippen LogP contribution in [0.5, 0.6) is 5.75 Å². The Labute approximate surface area is 127 Å². The van der Waals surface area contributed by atoms with E-state index in [-0.39, 0.29) is 12.4 Å². The molecule has 0 atom stereocenters. The van der Waals surface area contributed by atoms with E-state index in [9.17, 15) is 4.39 Å². The number of rotatable bonds is 5. The molecule has 106 valence electrons. The van der Waals surface area contributed by atoms with Crippen molar-refractivity contribution in [3.8, 4) is 5.75 Å². The van der Waals surface area contributed by atoms with E-state index in [4.69, 9.17) is 4.74 Å². The van der Waals surface area contributed by atoms with E-state index in [0.717, 1.165) is 21.3 Å². The first-order valence-corrected chi connectivity index (χ1v) is 7.20. The second kappa shape index (κ2) is 6.86. The normalized spacial score (nSPS) is 10.6. The van der Waals surface area contributed by atoms with Crippen molar-refractivity contribution >= 4 is 15.9 Å². The summed E-state index contributed by atoms with van der Waals surface area (Å²) in [5, 5.41) is 3.05. The van der Waals surface area contributed by atoms with Gasteiger partial charge in [-0.3, -0.25) is 0 Å². The summed E-state index contributed by atoms with van der Waals surface area (Å²) in [5.74, 6) is 0.503. The van der Waals surface area contributed by atoms with Crippen LogP contribution in [0.25, 0.3) is 0 Å². The lowest BCUT2D eigenvalue weighted by Gasteiger charge is -2.10. The molecule has 0 aliphatic rings. The van der Waals surface area contributed by atoms with Crippen LogP contribution in [0.3, 0.4) is 0 Å².